The summed E-state index contributed by atoms with van der Waals surface area (Å²) in [4.78, 5) is 16.7. The molecule has 0 bridgehead atoms. The van der Waals surface area contributed by atoms with Crippen molar-refractivity contribution < 1.29 is 9.59 Å². The Balaban J connectivity index is 0.00000108. The van der Waals surface area contributed by atoms with E-state index in [9.17, 15) is 0 Å². The third-order valence-electron chi connectivity index (χ3n) is 7.05. The normalized spacial score (nSPS) is 17.9. The van der Waals surface area contributed by atoms with Crippen molar-refractivity contribution in [1.29, 1.82) is 10.8 Å². The van der Waals surface area contributed by atoms with Gasteiger partial charge in [0.05, 0.1) is 0 Å². The Hall–Kier alpha value is -1.24. The molecule has 2 aliphatic carbocycles. The molecule has 2 saturated carbocycles. The van der Waals surface area contributed by atoms with Gasteiger partial charge in [-0.15, -0.1) is 0 Å². The van der Waals surface area contributed by atoms with Gasteiger partial charge in [-0.1, -0.05) is 84.5 Å². The molecule has 0 amide bonds. The molecule has 0 aromatic rings. The van der Waals surface area contributed by atoms with Crippen LogP contribution in [-0.2, 0) is 9.59 Å². The van der Waals surface area contributed by atoms with E-state index in [1.807, 2.05) is 0 Å². The highest BCUT2D eigenvalue weighted by atomic mass is 16.1. The molecule has 0 aliphatic heterocycles. The number of hydrogen-bond acceptors (Lipinski definition) is 4. The van der Waals surface area contributed by atoms with Crippen molar-refractivity contribution in [2.45, 2.75) is 123 Å². The highest BCUT2D eigenvalue weighted by molar-refractivity contribution is 5.26. The van der Waals surface area contributed by atoms with Crippen molar-refractivity contribution >= 4 is 12.2 Å². The molecule has 162 valence electrons. The van der Waals surface area contributed by atoms with Crippen LogP contribution in [0.4, 0.5) is 0 Å². The standard InChI is InChI=1S/C22H42.2CHNO/c1-3-5-6-13-19-22(18-4-2,20-14-9-7-10-15-20)21-16-11-8-12-17-21;2*2-1-3/h20-21H,3-19H2,1-2H3;2*2H. The van der Waals surface area contributed by atoms with E-state index < -0.39 is 0 Å². The fraction of sp³-hybridized carbons (Fsp3) is 0.917. The van der Waals surface area contributed by atoms with E-state index in [2.05, 4.69) is 13.8 Å². The Morgan fingerprint density at radius 1 is 0.679 bits per heavy atom. The lowest BCUT2D eigenvalue weighted by molar-refractivity contribution is 0.00182. The van der Waals surface area contributed by atoms with E-state index in [1.165, 1.54) is 77.0 Å². The summed E-state index contributed by atoms with van der Waals surface area (Å²) in [5.74, 6) is 2.15. The van der Waals surface area contributed by atoms with Crippen LogP contribution in [0.5, 0.6) is 0 Å². The summed E-state index contributed by atoms with van der Waals surface area (Å²) in [6.45, 7) is 4.80. The zero-order chi connectivity index (χ0) is 21.1. The maximum atomic E-state index is 8.35. The molecule has 2 fully saturated rings. The molecule has 0 saturated heterocycles. The lowest BCUT2D eigenvalue weighted by Gasteiger charge is -2.50. The summed E-state index contributed by atoms with van der Waals surface area (Å²) in [6, 6.07) is 0. The zero-order valence-corrected chi connectivity index (χ0v) is 18.5. The third kappa shape index (κ3) is 9.80. The zero-order valence-electron chi connectivity index (χ0n) is 18.5. The number of unbranched alkanes of at least 4 members (excludes halogenated alkanes) is 3. The van der Waals surface area contributed by atoms with Gasteiger partial charge in [0.2, 0.25) is 12.2 Å². The van der Waals surface area contributed by atoms with E-state index >= 15 is 0 Å². The highest BCUT2D eigenvalue weighted by Crippen LogP contribution is 2.54. The Morgan fingerprint density at radius 3 is 1.46 bits per heavy atom. The molecule has 2 aliphatic rings. The predicted molar refractivity (Wildman–Crippen MR) is 116 cm³/mol. The number of hydrogen-bond donors (Lipinski definition) is 2. The molecular weight excluding hydrogens is 348 g/mol. The topological polar surface area (TPSA) is 81.8 Å². The second-order valence-electron chi connectivity index (χ2n) is 8.67. The van der Waals surface area contributed by atoms with Crippen LogP contribution < -0.4 is 0 Å². The number of nitrogens with one attached hydrogen (secondary N) is 2. The van der Waals surface area contributed by atoms with Crippen LogP contribution in [0.3, 0.4) is 0 Å². The monoisotopic (exact) mass is 392 g/mol. The molecule has 28 heavy (non-hydrogen) atoms. The van der Waals surface area contributed by atoms with E-state index in [4.69, 9.17) is 20.4 Å². The largest absolute Gasteiger partial charge is 0.231 e. The summed E-state index contributed by atoms with van der Waals surface area (Å²) < 4.78 is 0. The second kappa shape index (κ2) is 17.8. The number of carbonyl (C=O) groups excluding carboxylic acids is 2. The summed E-state index contributed by atoms with van der Waals surface area (Å²) in [5.41, 5.74) is 0.739. The summed E-state index contributed by atoms with van der Waals surface area (Å²) in [5, 5.41) is 10.8. The second-order valence-corrected chi connectivity index (χ2v) is 8.67. The molecule has 0 spiro atoms. The minimum atomic E-state index is 0.739. The average molecular weight is 393 g/mol. The van der Waals surface area contributed by atoms with Crippen LogP contribution in [0.25, 0.3) is 0 Å². The third-order valence-corrected chi connectivity index (χ3v) is 7.05. The Morgan fingerprint density at radius 2 is 1.11 bits per heavy atom. The first kappa shape index (κ1) is 26.8. The van der Waals surface area contributed by atoms with Gasteiger partial charge >= 0.3 is 0 Å². The molecule has 0 radical (unpaired) electrons. The van der Waals surface area contributed by atoms with Crippen LogP contribution in [0.2, 0.25) is 0 Å². The average Bonchev–Trinajstić information content (AvgIpc) is 2.73. The van der Waals surface area contributed by atoms with Crippen molar-refractivity contribution in [2.75, 3.05) is 0 Å². The molecule has 0 aromatic heterocycles. The van der Waals surface area contributed by atoms with Crippen molar-refractivity contribution in [3.63, 3.8) is 0 Å². The van der Waals surface area contributed by atoms with Gasteiger partial charge in [0, 0.05) is 0 Å². The first-order valence-corrected chi connectivity index (χ1v) is 11.7. The maximum Gasteiger partial charge on any atom is 0.231 e. The predicted octanol–water partition coefficient (Wildman–Crippen LogP) is 7.71. The molecule has 2 N–H and O–H groups in total. The first-order chi connectivity index (χ1) is 13.7. The Kier molecular flexibility index (Phi) is 17.0. The molecule has 0 unspecified atom stereocenters. The van der Waals surface area contributed by atoms with Crippen molar-refractivity contribution in [3.05, 3.63) is 0 Å². The van der Waals surface area contributed by atoms with Crippen LogP contribution in [-0.4, -0.2) is 12.2 Å². The van der Waals surface area contributed by atoms with Crippen LogP contribution >= 0.6 is 0 Å². The number of rotatable bonds is 9. The van der Waals surface area contributed by atoms with E-state index in [0.29, 0.717) is 0 Å². The van der Waals surface area contributed by atoms with Gasteiger partial charge in [-0.25, -0.2) is 20.4 Å². The molecular formula is C24H44N2O2. The lowest BCUT2D eigenvalue weighted by atomic mass is 9.55. The lowest BCUT2D eigenvalue weighted by Crippen LogP contribution is -2.40. The SMILES string of the molecule is CCCCCCC(CCC)(C1CCCCC1)C1CCCCC1.N=C=O.N=C=O. The van der Waals surface area contributed by atoms with Gasteiger partial charge in [0.25, 0.3) is 0 Å². The van der Waals surface area contributed by atoms with Gasteiger partial charge < -0.3 is 0 Å². The van der Waals surface area contributed by atoms with Gasteiger partial charge in [0.1, 0.15) is 0 Å². The van der Waals surface area contributed by atoms with E-state index in [0.717, 1.165) is 29.4 Å². The molecule has 0 heterocycles. The fourth-order valence-corrected chi connectivity index (χ4v) is 5.98. The summed E-state index contributed by atoms with van der Waals surface area (Å²) in [6.07, 6.45) is 27.2. The van der Waals surface area contributed by atoms with Gasteiger partial charge in [-0.3, -0.25) is 0 Å². The fourth-order valence-electron chi connectivity index (χ4n) is 5.98. The minimum absolute atomic E-state index is 0.739. The van der Waals surface area contributed by atoms with Gasteiger partial charge in [-0.05, 0) is 55.8 Å². The van der Waals surface area contributed by atoms with Crippen LogP contribution in [0.1, 0.15) is 123 Å². The number of isocyanates is 2. The van der Waals surface area contributed by atoms with Gasteiger partial charge in [0.15, 0.2) is 0 Å². The molecule has 0 aromatic carbocycles. The summed E-state index contributed by atoms with van der Waals surface area (Å²) in [7, 11) is 0. The molecule has 4 nitrogen and oxygen atoms in total. The minimum Gasteiger partial charge on any atom is -0.222 e. The van der Waals surface area contributed by atoms with Crippen LogP contribution in [0, 0.1) is 28.1 Å². The Bertz CT molecular complexity index is 396. The molecule has 2 rings (SSSR count). The highest BCUT2D eigenvalue weighted by Gasteiger charge is 2.43. The summed E-state index contributed by atoms with van der Waals surface area (Å²) >= 11 is 0. The van der Waals surface area contributed by atoms with Crippen LogP contribution in [0.15, 0.2) is 0 Å². The van der Waals surface area contributed by atoms with Crippen molar-refractivity contribution in [2.24, 2.45) is 17.3 Å². The van der Waals surface area contributed by atoms with E-state index in [1.54, 1.807) is 32.1 Å². The maximum absolute atomic E-state index is 8.35. The Labute approximate surface area is 173 Å². The molecule has 4 heteroatoms. The van der Waals surface area contributed by atoms with Crippen molar-refractivity contribution in [1.82, 2.24) is 0 Å². The smallest absolute Gasteiger partial charge is 0.222 e. The van der Waals surface area contributed by atoms with Gasteiger partial charge in [-0.2, -0.15) is 0 Å². The van der Waals surface area contributed by atoms with E-state index in [-0.39, 0.29) is 0 Å². The van der Waals surface area contributed by atoms with Crippen molar-refractivity contribution in [3.8, 4) is 0 Å². The molecule has 0 atom stereocenters. The quantitative estimate of drug-likeness (QED) is 0.239. The first-order valence-electron chi connectivity index (χ1n) is 11.7.